The van der Waals surface area contributed by atoms with E-state index in [1.165, 1.54) is 24.2 Å². The number of carbonyl (C=O) groups excluding carboxylic acids is 3. The number of halogens is 1. The molecule has 8 heteroatoms. The number of benzene rings is 1. The number of nitrogens with zero attached hydrogens (tertiary/aromatic N) is 1. The van der Waals surface area contributed by atoms with Crippen molar-refractivity contribution in [3.05, 3.63) is 34.6 Å². The molecule has 3 fully saturated rings. The lowest BCUT2D eigenvalue weighted by Crippen LogP contribution is -2.52. The minimum atomic E-state index is -0.742. The van der Waals surface area contributed by atoms with Gasteiger partial charge < -0.3 is 15.0 Å². The number of amides is 3. The zero-order valence-corrected chi connectivity index (χ0v) is 19.1. The summed E-state index contributed by atoms with van der Waals surface area (Å²) >= 11 is 0. The molecule has 3 amide bonds. The molecule has 2 N–H and O–H groups in total. The molecule has 7 nitrogen and oxygen atoms in total. The average molecular weight is 458 g/mol. The summed E-state index contributed by atoms with van der Waals surface area (Å²) in [7, 11) is 0. The third-order valence-electron chi connectivity index (χ3n) is 7.92. The lowest BCUT2D eigenvalue weighted by atomic mass is 9.79. The second-order valence-electron chi connectivity index (χ2n) is 9.97. The Bertz CT molecular complexity index is 963. The minimum absolute atomic E-state index is 0.0477. The predicted octanol–water partition coefficient (Wildman–Crippen LogP) is 2.45. The molecule has 2 saturated heterocycles. The maximum atomic E-state index is 15.6. The second-order valence-corrected chi connectivity index (χ2v) is 9.97. The number of nitrogens with one attached hydrogen (secondary N) is 2. The zero-order valence-electron chi connectivity index (χ0n) is 19.1. The number of hydrogen-bond acceptors (Lipinski definition) is 5. The van der Waals surface area contributed by atoms with Crippen molar-refractivity contribution in [3.8, 4) is 0 Å². The Morgan fingerprint density at radius 2 is 2.00 bits per heavy atom. The summed E-state index contributed by atoms with van der Waals surface area (Å²) in [6.07, 6.45) is 6.61. The highest BCUT2D eigenvalue weighted by atomic mass is 19.1. The number of ether oxygens (including phenoxy) is 1. The highest BCUT2D eigenvalue weighted by Gasteiger charge is 2.41. The molecule has 0 radical (unpaired) electrons. The van der Waals surface area contributed by atoms with Gasteiger partial charge in [-0.2, -0.15) is 0 Å². The number of rotatable bonds is 6. The van der Waals surface area contributed by atoms with E-state index in [4.69, 9.17) is 4.74 Å². The Balaban J connectivity index is 1.30. The van der Waals surface area contributed by atoms with Gasteiger partial charge in [0.25, 0.3) is 5.91 Å². The van der Waals surface area contributed by atoms with E-state index >= 15 is 4.39 Å². The van der Waals surface area contributed by atoms with Crippen LogP contribution in [0.3, 0.4) is 0 Å². The average Bonchev–Trinajstić information content (AvgIpc) is 3.07. The number of piperidine rings is 1. The zero-order chi connectivity index (χ0) is 23.1. The van der Waals surface area contributed by atoms with Crippen LogP contribution in [0.2, 0.25) is 0 Å². The van der Waals surface area contributed by atoms with E-state index in [2.05, 4.69) is 17.6 Å². The van der Waals surface area contributed by atoms with Crippen LogP contribution in [-0.4, -0.2) is 53.5 Å². The van der Waals surface area contributed by atoms with Crippen molar-refractivity contribution in [3.63, 3.8) is 0 Å². The van der Waals surface area contributed by atoms with Crippen molar-refractivity contribution in [2.75, 3.05) is 6.61 Å². The van der Waals surface area contributed by atoms with E-state index in [0.29, 0.717) is 41.7 Å². The molecule has 33 heavy (non-hydrogen) atoms. The van der Waals surface area contributed by atoms with Gasteiger partial charge in [0.15, 0.2) is 0 Å². The second kappa shape index (κ2) is 9.14. The van der Waals surface area contributed by atoms with Gasteiger partial charge in [0.1, 0.15) is 11.9 Å². The predicted molar refractivity (Wildman–Crippen MR) is 119 cm³/mol. The maximum Gasteiger partial charge on any atom is 0.255 e. The Labute approximate surface area is 193 Å². The van der Waals surface area contributed by atoms with E-state index < -0.39 is 11.9 Å². The lowest BCUT2D eigenvalue weighted by molar-refractivity contribution is -0.136. The fourth-order valence-corrected chi connectivity index (χ4v) is 5.67. The van der Waals surface area contributed by atoms with Crippen LogP contribution in [0.15, 0.2) is 12.1 Å². The van der Waals surface area contributed by atoms with E-state index in [-0.39, 0.29) is 49.2 Å². The molecule has 1 saturated carbocycles. The van der Waals surface area contributed by atoms with Crippen molar-refractivity contribution in [1.82, 2.24) is 15.5 Å². The van der Waals surface area contributed by atoms with Gasteiger partial charge in [-0.15, -0.1) is 0 Å². The van der Waals surface area contributed by atoms with E-state index in [9.17, 15) is 14.4 Å². The first-order chi connectivity index (χ1) is 15.9. The van der Waals surface area contributed by atoms with Crippen molar-refractivity contribution in [2.45, 2.75) is 89.1 Å². The van der Waals surface area contributed by atoms with Crippen LogP contribution < -0.4 is 10.6 Å². The molecule has 4 atom stereocenters. The summed E-state index contributed by atoms with van der Waals surface area (Å²) in [5, 5.41) is 6.03. The van der Waals surface area contributed by atoms with E-state index in [0.717, 1.165) is 12.8 Å². The monoisotopic (exact) mass is 457 g/mol. The molecule has 178 valence electrons. The van der Waals surface area contributed by atoms with Gasteiger partial charge in [-0.05, 0) is 56.6 Å². The van der Waals surface area contributed by atoms with Gasteiger partial charge in [-0.1, -0.05) is 12.5 Å². The molecule has 5 rings (SSSR count). The summed E-state index contributed by atoms with van der Waals surface area (Å²) in [5.74, 6) is -0.841. The summed E-state index contributed by atoms with van der Waals surface area (Å²) < 4.78 is 21.6. The third kappa shape index (κ3) is 4.30. The Hall–Kier alpha value is -2.32. The van der Waals surface area contributed by atoms with Crippen LogP contribution in [0.5, 0.6) is 0 Å². The first-order valence-electron chi connectivity index (χ1n) is 12.2. The maximum absolute atomic E-state index is 15.6. The van der Waals surface area contributed by atoms with Crippen LogP contribution in [-0.2, 0) is 27.3 Å². The van der Waals surface area contributed by atoms with Gasteiger partial charge in [-0.3, -0.25) is 19.7 Å². The Kier molecular flexibility index (Phi) is 6.22. The van der Waals surface area contributed by atoms with Crippen molar-refractivity contribution in [1.29, 1.82) is 0 Å². The van der Waals surface area contributed by atoms with Crippen molar-refractivity contribution < 1.29 is 23.5 Å². The fraction of sp³-hybridized carbons (Fsp3) is 0.640. The number of carbonyl (C=O) groups is 3. The molecule has 3 heterocycles. The summed E-state index contributed by atoms with van der Waals surface area (Å²) in [6.45, 7) is 2.96. The fourth-order valence-electron chi connectivity index (χ4n) is 5.67. The molecular formula is C25H32FN3O4. The van der Waals surface area contributed by atoms with Crippen LogP contribution in [0.4, 0.5) is 4.39 Å². The highest BCUT2D eigenvalue weighted by Crippen LogP contribution is 2.33. The quantitative estimate of drug-likeness (QED) is 0.641. The van der Waals surface area contributed by atoms with Crippen LogP contribution in [0, 0.1) is 11.7 Å². The molecule has 0 aromatic heterocycles. The van der Waals surface area contributed by atoms with Gasteiger partial charge in [-0.25, -0.2) is 4.39 Å². The number of fused-ring (bicyclic) bond motifs is 1. The normalized spacial score (nSPS) is 29.0. The topological polar surface area (TPSA) is 87.7 Å². The van der Waals surface area contributed by atoms with Gasteiger partial charge in [0.05, 0.1) is 12.6 Å². The number of hydrogen-bond donors (Lipinski definition) is 2. The summed E-state index contributed by atoms with van der Waals surface area (Å²) in [5.41, 5.74) is 1.19. The molecule has 0 spiro atoms. The standard InChI is InChI=1S/C25H32FN3O4/c1-14(15-4-2-5-15)27-19-6-3-11-33-21(19)12-16-7-8-17-18(23(16)26)13-29(25(17)32)20-9-10-22(30)28-24(20)31/h7-8,14-15,19-21,27H,2-6,9-13H2,1H3,(H,28,30,31)/t14?,19-,20?,21+/m0/s1. The largest absolute Gasteiger partial charge is 0.376 e. The van der Waals surface area contributed by atoms with Gasteiger partial charge >= 0.3 is 0 Å². The SMILES string of the molecule is CC(N[C@H]1CCCO[C@@H]1Cc1ccc2c(c1F)CN(C1CCC(=O)NC1=O)C2=O)C1CCC1. The first-order valence-corrected chi connectivity index (χ1v) is 12.2. The lowest BCUT2D eigenvalue weighted by Gasteiger charge is -2.39. The molecule has 1 aliphatic carbocycles. The molecule has 2 unspecified atom stereocenters. The van der Waals surface area contributed by atoms with Crippen molar-refractivity contribution in [2.24, 2.45) is 5.92 Å². The molecule has 1 aromatic rings. The first kappa shape index (κ1) is 22.5. The molecule has 1 aromatic carbocycles. The Morgan fingerprint density at radius 3 is 2.73 bits per heavy atom. The summed E-state index contributed by atoms with van der Waals surface area (Å²) in [4.78, 5) is 38.0. The molecule has 3 aliphatic heterocycles. The Morgan fingerprint density at radius 1 is 1.18 bits per heavy atom. The molecule has 0 bridgehead atoms. The highest BCUT2D eigenvalue weighted by molar-refractivity contribution is 6.05. The van der Waals surface area contributed by atoms with E-state index in [1.807, 2.05) is 0 Å². The summed E-state index contributed by atoms with van der Waals surface area (Å²) in [6, 6.07) is 3.23. The minimum Gasteiger partial charge on any atom is -0.376 e. The van der Waals surface area contributed by atoms with Crippen LogP contribution >= 0.6 is 0 Å². The van der Waals surface area contributed by atoms with Gasteiger partial charge in [0.2, 0.25) is 11.8 Å². The molecular weight excluding hydrogens is 425 g/mol. The van der Waals surface area contributed by atoms with Crippen LogP contribution in [0.1, 0.15) is 73.4 Å². The third-order valence-corrected chi connectivity index (χ3v) is 7.92. The van der Waals surface area contributed by atoms with E-state index in [1.54, 1.807) is 12.1 Å². The number of imide groups is 1. The van der Waals surface area contributed by atoms with Gasteiger partial charge in [0, 0.05) is 42.7 Å². The smallest absolute Gasteiger partial charge is 0.255 e. The van der Waals surface area contributed by atoms with Crippen molar-refractivity contribution >= 4 is 17.7 Å². The molecule has 4 aliphatic rings. The van der Waals surface area contributed by atoms with Crippen LogP contribution in [0.25, 0.3) is 0 Å².